The van der Waals surface area contributed by atoms with Crippen molar-refractivity contribution in [2.45, 2.75) is 0 Å². The summed E-state index contributed by atoms with van der Waals surface area (Å²) in [5.74, 6) is -0.167. The van der Waals surface area contributed by atoms with Crippen LogP contribution in [0.4, 0.5) is 11.4 Å². The van der Waals surface area contributed by atoms with E-state index in [-0.39, 0.29) is 11.5 Å². The Morgan fingerprint density at radius 1 is 1.10 bits per heavy atom. The summed E-state index contributed by atoms with van der Waals surface area (Å²) < 4.78 is 6.70. The highest BCUT2D eigenvalue weighted by Gasteiger charge is 2.27. The van der Waals surface area contributed by atoms with Gasteiger partial charge in [-0.3, -0.25) is 4.79 Å². The van der Waals surface area contributed by atoms with Crippen LogP contribution < -0.4 is 15.4 Å². The SMILES string of the molecule is O=C1Nc2ccc3ncsc3c2/C1=C/Nc1ccc(Oc2cccc(C(=O)O)c2)cc1. The third kappa shape index (κ3) is 3.60. The van der Waals surface area contributed by atoms with Crippen LogP contribution in [0.5, 0.6) is 11.5 Å². The lowest BCUT2D eigenvalue weighted by Crippen LogP contribution is -2.05. The first-order chi connectivity index (χ1) is 15.1. The molecule has 0 fully saturated rings. The maximum absolute atomic E-state index is 12.5. The highest BCUT2D eigenvalue weighted by molar-refractivity contribution is 7.17. The van der Waals surface area contributed by atoms with Gasteiger partial charge in [-0.2, -0.15) is 0 Å². The largest absolute Gasteiger partial charge is 0.478 e. The van der Waals surface area contributed by atoms with Crippen LogP contribution in [0.15, 0.2) is 72.4 Å². The molecule has 8 heteroatoms. The standard InChI is InChI=1S/C23H15N3O4S/c27-22-17(20-18(26-22)8-9-19-21(20)31-12-25-19)11-24-14-4-6-15(7-5-14)30-16-3-1-2-13(10-16)23(28)29/h1-12,24H,(H,26,27)(H,28,29)/b17-11-. The maximum Gasteiger partial charge on any atom is 0.335 e. The molecule has 1 aromatic heterocycles. The van der Waals surface area contributed by atoms with Crippen molar-refractivity contribution in [3.05, 3.63) is 83.5 Å². The monoisotopic (exact) mass is 429 g/mol. The number of carboxylic acids is 1. The van der Waals surface area contributed by atoms with Crippen LogP contribution >= 0.6 is 11.3 Å². The lowest BCUT2D eigenvalue weighted by atomic mass is 10.1. The summed E-state index contributed by atoms with van der Waals surface area (Å²) in [4.78, 5) is 27.9. The van der Waals surface area contributed by atoms with Crippen molar-refractivity contribution in [2.75, 3.05) is 10.6 Å². The fourth-order valence-electron chi connectivity index (χ4n) is 3.34. The molecular weight excluding hydrogens is 414 g/mol. The first kappa shape index (κ1) is 18.8. The van der Waals surface area contributed by atoms with Crippen LogP contribution in [0, 0.1) is 0 Å². The Kier molecular flexibility index (Phi) is 4.61. The Bertz CT molecular complexity index is 1360. The molecule has 5 rings (SSSR count). The number of nitrogens with one attached hydrogen (secondary N) is 2. The van der Waals surface area contributed by atoms with Crippen LogP contribution in [-0.2, 0) is 4.79 Å². The van der Waals surface area contributed by atoms with Crippen LogP contribution in [0.2, 0.25) is 0 Å². The Balaban J connectivity index is 1.35. The zero-order chi connectivity index (χ0) is 21.4. The number of benzene rings is 3. The van der Waals surface area contributed by atoms with Gasteiger partial charge in [-0.1, -0.05) is 6.07 Å². The first-order valence-corrected chi connectivity index (χ1v) is 10.2. The number of carbonyl (C=O) groups is 2. The second kappa shape index (κ2) is 7.58. The molecule has 1 aliphatic heterocycles. The van der Waals surface area contributed by atoms with Gasteiger partial charge in [-0.15, -0.1) is 11.3 Å². The number of aromatic nitrogens is 1. The second-order valence-corrected chi connectivity index (χ2v) is 7.66. The quantitative estimate of drug-likeness (QED) is 0.378. The number of carbonyl (C=O) groups excluding carboxylic acids is 1. The molecule has 0 unspecified atom stereocenters. The van der Waals surface area contributed by atoms with Gasteiger partial charge < -0.3 is 20.5 Å². The number of ether oxygens (including phenoxy) is 1. The molecule has 0 atom stereocenters. The molecule has 3 aromatic carbocycles. The molecule has 4 aromatic rings. The first-order valence-electron chi connectivity index (χ1n) is 9.34. The second-order valence-electron chi connectivity index (χ2n) is 6.80. The normalized spacial score (nSPS) is 13.8. The lowest BCUT2D eigenvalue weighted by Gasteiger charge is -2.08. The molecule has 1 amide bonds. The number of anilines is 2. The van der Waals surface area contributed by atoms with E-state index in [4.69, 9.17) is 9.84 Å². The predicted molar refractivity (Wildman–Crippen MR) is 120 cm³/mol. The van der Waals surface area contributed by atoms with Gasteiger partial charge in [-0.05, 0) is 54.6 Å². The summed E-state index contributed by atoms with van der Waals surface area (Å²) in [6, 6.07) is 17.2. The van der Waals surface area contributed by atoms with Crippen LogP contribution in [0.25, 0.3) is 15.8 Å². The molecule has 2 heterocycles. The minimum Gasteiger partial charge on any atom is -0.478 e. The van der Waals surface area contributed by atoms with Gasteiger partial charge in [0, 0.05) is 17.5 Å². The molecule has 152 valence electrons. The van der Waals surface area contributed by atoms with E-state index >= 15 is 0 Å². The maximum atomic E-state index is 12.5. The summed E-state index contributed by atoms with van der Waals surface area (Å²) in [5.41, 5.74) is 5.75. The van der Waals surface area contributed by atoms with E-state index in [1.807, 2.05) is 24.3 Å². The number of amides is 1. The Morgan fingerprint density at radius 3 is 2.74 bits per heavy atom. The highest BCUT2D eigenvalue weighted by Crippen LogP contribution is 2.39. The molecule has 0 radical (unpaired) electrons. The van der Waals surface area contributed by atoms with Crippen molar-refractivity contribution in [2.24, 2.45) is 0 Å². The van der Waals surface area contributed by atoms with Crippen LogP contribution in [-0.4, -0.2) is 22.0 Å². The predicted octanol–water partition coefficient (Wildman–Crippen LogP) is 5.19. The molecule has 0 spiro atoms. The highest BCUT2D eigenvalue weighted by atomic mass is 32.1. The van der Waals surface area contributed by atoms with Crippen molar-refractivity contribution in [3.8, 4) is 11.5 Å². The van der Waals surface area contributed by atoms with E-state index in [1.165, 1.54) is 23.5 Å². The van der Waals surface area contributed by atoms with Gasteiger partial charge in [0.1, 0.15) is 11.5 Å². The van der Waals surface area contributed by atoms with E-state index in [0.717, 1.165) is 27.2 Å². The minimum absolute atomic E-state index is 0.160. The average Bonchev–Trinajstić information content (AvgIpc) is 3.37. The van der Waals surface area contributed by atoms with Gasteiger partial charge in [0.2, 0.25) is 0 Å². The van der Waals surface area contributed by atoms with Crippen molar-refractivity contribution in [1.82, 2.24) is 4.98 Å². The Labute approximate surface area is 180 Å². The summed E-state index contributed by atoms with van der Waals surface area (Å²) in [6.07, 6.45) is 1.69. The molecule has 0 bridgehead atoms. The lowest BCUT2D eigenvalue weighted by molar-refractivity contribution is -0.110. The number of nitrogens with zero attached hydrogens (tertiary/aromatic N) is 1. The summed E-state index contributed by atoms with van der Waals surface area (Å²) in [6.45, 7) is 0. The van der Waals surface area contributed by atoms with Gasteiger partial charge in [0.15, 0.2) is 0 Å². The number of thiazole rings is 1. The van der Waals surface area contributed by atoms with E-state index in [0.29, 0.717) is 17.1 Å². The van der Waals surface area contributed by atoms with E-state index in [1.54, 1.807) is 36.0 Å². The minimum atomic E-state index is -1.01. The molecule has 31 heavy (non-hydrogen) atoms. The van der Waals surface area contributed by atoms with Gasteiger partial charge in [-0.25, -0.2) is 9.78 Å². The summed E-state index contributed by atoms with van der Waals surface area (Å²) in [7, 11) is 0. The molecule has 3 N–H and O–H groups in total. The number of carboxylic acid groups (broad SMARTS) is 1. The summed E-state index contributed by atoms with van der Waals surface area (Å²) in [5, 5.41) is 15.1. The zero-order valence-electron chi connectivity index (χ0n) is 16.0. The van der Waals surface area contributed by atoms with Gasteiger partial charge in [0.05, 0.1) is 32.6 Å². The number of hydrogen-bond acceptors (Lipinski definition) is 6. The molecule has 0 aliphatic carbocycles. The third-order valence-electron chi connectivity index (χ3n) is 4.82. The van der Waals surface area contributed by atoms with E-state index in [2.05, 4.69) is 15.6 Å². The number of aromatic carboxylic acids is 1. The van der Waals surface area contributed by atoms with Crippen LogP contribution in [0.1, 0.15) is 15.9 Å². The number of rotatable bonds is 5. The number of hydrogen-bond donors (Lipinski definition) is 3. The molecule has 0 saturated carbocycles. The molecule has 7 nitrogen and oxygen atoms in total. The van der Waals surface area contributed by atoms with E-state index < -0.39 is 5.97 Å². The van der Waals surface area contributed by atoms with Crippen molar-refractivity contribution < 1.29 is 19.4 Å². The molecule has 1 aliphatic rings. The van der Waals surface area contributed by atoms with Crippen molar-refractivity contribution in [3.63, 3.8) is 0 Å². The third-order valence-corrected chi connectivity index (χ3v) is 5.68. The summed E-state index contributed by atoms with van der Waals surface area (Å²) >= 11 is 1.50. The van der Waals surface area contributed by atoms with E-state index in [9.17, 15) is 9.59 Å². The Morgan fingerprint density at radius 2 is 1.94 bits per heavy atom. The Hall–Kier alpha value is -4.17. The molecule has 0 saturated heterocycles. The fraction of sp³-hybridized carbons (Fsp3) is 0. The van der Waals surface area contributed by atoms with Gasteiger partial charge >= 0.3 is 5.97 Å². The smallest absolute Gasteiger partial charge is 0.335 e. The van der Waals surface area contributed by atoms with Crippen molar-refractivity contribution in [1.29, 1.82) is 0 Å². The molecular formula is C23H15N3O4S. The number of fused-ring (bicyclic) bond motifs is 3. The zero-order valence-corrected chi connectivity index (χ0v) is 16.8. The van der Waals surface area contributed by atoms with Crippen LogP contribution in [0.3, 0.4) is 0 Å². The van der Waals surface area contributed by atoms with Crippen molar-refractivity contribution >= 4 is 50.4 Å². The topological polar surface area (TPSA) is 101 Å². The van der Waals surface area contributed by atoms with Gasteiger partial charge in [0.25, 0.3) is 5.91 Å². The average molecular weight is 429 g/mol. The fourth-order valence-corrected chi connectivity index (χ4v) is 4.20.